The molecule has 3 saturated heterocycles. The van der Waals surface area contributed by atoms with Crippen LogP contribution in [0.5, 0.6) is 0 Å². The van der Waals surface area contributed by atoms with Gasteiger partial charge in [-0.25, -0.2) is 0 Å². The number of hydrogen-bond donors (Lipinski definition) is 2. The van der Waals surface area contributed by atoms with E-state index in [1.54, 1.807) is 17.1 Å². The van der Waals surface area contributed by atoms with E-state index in [4.69, 9.17) is 9.47 Å². The highest BCUT2D eigenvalue weighted by Crippen LogP contribution is 2.60. The minimum absolute atomic E-state index is 0.0218. The fourth-order valence-corrected chi connectivity index (χ4v) is 9.04. The maximum atomic E-state index is 14.7. The predicted octanol–water partition coefficient (Wildman–Crippen LogP) is 4.22. The van der Waals surface area contributed by atoms with Gasteiger partial charge in [-0.3, -0.25) is 19.2 Å². The van der Waals surface area contributed by atoms with Crippen molar-refractivity contribution < 1.29 is 33.8 Å². The fourth-order valence-electron chi connectivity index (χ4n) is 8.09. The lowest BCUT2D eigenvalue weighted by Gasteiger charge is -2.41. The largest absolute Gasteiger partial charge is 0.463 e. The molecule has 1 spiro atoms. The van der Waals surface area contributed by atoms with Gasteiger partial charge in [0.1, 0.15) is 18.2 Å². The summed E-state index contributed by atoms with van der Waals surface area (Å²) in [4.78, 5) is 59.1. The fraction of sp³-hybridized carbons (Fsp3) is 0.611. The SMILES string of the molecule is C=CCCC(=O)OC[C@@H](NC(=O)[C@H]1[C@@H]2O[C@@]3(CC2Br)[C@@H]1C(=O)N(CCCCO)[C@@H]3C(=O)N(CC=C)C1CCCCC1)c1ccccc1. The third kappa shape index (κ3) is 7.22. The van der Waals surface area contributed by atoms with E-state index >= 15 is 0 Å². The van der Waals surface area contributed by atoms with E-state index in [1.165, 1.54) is 0 Å². The molecule has 256 valence electrons. The van der Waals surface area contributed by atoms with Crippen LogP contribution >= 0.6 is 15.9 Å². The second-order valence-electron chi connectivity index (χ2n) is 13.2. The maximum Gasteiger partial charge on any atom is 0.306 e. The number of amides is 3. The van der Waals surface area contributed by atoms with Gasteiger partial charge >= 0.3 is 5.97 Å². The van der Waals surface area contributed by atoms with Crippen LogP contribution in [0.15, 0.2) is 55.6 Å². The number of halogens is 1. The molecule has 0 aromatic heterocycles. The summed E-state index contributed by atoms with van der Waals surface area (Å²) in [5.41, 5.74) is -0.419. The van der Waals surface area contributed by atoms with Gasteiger partial charge in [-0.05, 0) is 44.1 Å². The van der Waals surface area contributed by atoms with E-state index in [2.05, 4.69) is 34.4 Å². The monoisotopic (exact) mass is 713 g/mol. The zero-order valence-electron chi connectivity index (χ0n) is 27.1. The second kappa shape index (κ2) is 15.9. The van der Waals surface area contributed by atoms with Crippen LogP contribution in [0.2, 0.25) is 0 Å². The van der Waals surface area contributed by atoms with Gasteiger partial charge in [-0.15, -0.1) is 13.2 Å². The number of allylic oxidation sites excluding steroid dienone is 1. The lowest BCUT2D eigenvalue weighted by molar-refractivity contribution is -0.150. The van der Waals surface area contributed by atoms with Crippen LogP contribution in [0.4, 0.5) is 0 Å². The van der Waals surface area contributed by atoms with Crippen molar-refractivity contribution in [3.8, 4) is 0 Å². The summed E-state index contributed by atoms with van der Waals surface area (Å²) in [6.07, 6.45) is 9.88. The number of unbranched alkanes of at least 4 members (excludes halogenated alkanes) is 1. The standard InChI is InChI=1S/C36H48BrN3O7/c1-3-5-18-28(42)46-23-27(24-14-8-6-9-15-24)38-33(43)29-30-34(44)40(20-12-13-21-41)32(36(30)22-26(37)31(29)47-36)35(45)39(19-4-2)25-16-10-7-11-17-25/h3-4,6,8-9,14-15,25-27,29-32,41H,1-2,5,7,10-13,16-23H2,(H,38,43)/t26?,27-,29-,30+,31-,32-,36+/m1/s1. The molecule has 7 atom stereocenters. The molecule has 1 unspecified atom stereocenters. The lowest BCUT2D eigenvalue weighted by Crippen LogP contribution is -2.58. The van der Waals surface area contributed by atoms with E-state index in [-0.39, 0.29) is 54.8 Å². The van der Waals surface area contributed by atoms with Crippen molar-refractivity contribution in [2.24, 2.45) is 11.8 Å². The Morgan fingerprint density at radius 3 is 2.57 bits per heavy atom. The molecule has 4 fully saturated rings. The smallest absolute Gasteiger partial charge is 0.306 e. The Bertz CT molecular complexity index is 1300. The van der Waals surface area contributed by atoms with Gasteiger partial charge in [0.15, 0.2) is 0 Å². The highest BCUT2D eigenvalue weighted by molar-refractivity contribution is 9.09. The Hall–Kier alpha value is -3.02. The van der Waals surface area contributed by atoms with Gasteiger partial charge in [-0.1, -0.05) is 77.7 Å². The van der Waals surface area contributed by atoms with Crippen LogP contribution < -0.4 is 5.32 Å². The van der Waals surface area contributed by atoms with Crippen molar-refractivity contribution in [1.82, 2.24) is 15.1 Å². The minimum Gasteiger partial charge on any atom is -0.463 e. The molecule has 11 heteroatoms. The molecule has 5 rings (SSSR count). The van der Waals surface area contributed by atoms with Crippen LogP contribution in [0.25, 0.3) is 0 Å². The molecule has 0 radical (unpaired) electrons. The number of benzene rings is 1. The van der Waals surface area contributed by atoms with Crippen molar-refractivity contribution in [2.75, 3.05) is 26.3 Å². The second-order valence-corrected chi connectivity index (χ2v) is 14.4. The normalized spacial score (nSPS) is 28.9. The Morgan fingerprint density at radius 2 is 1.89 bits per heavy atom. The first-order chi connectivity index (χ1) is 22.8. The Morgan fingerprint density at radius 1 is 1.15 bits per heavy atom. The van der Waals surface area contributed by atoms with Gasteiger partial charge in [0, 0.05) is 37.0 Å². The molecular formula is C36H48BrN3O7. The number of ether oxygens (including phenoxy) is 2. The molecule has 47 heavy (non-hydrogen) atoms. The average Bonchev–Trinajstić information content (AvgIpc) is 3.68. The summed E-state index contributed by atoms with van der Waals surface area (Å²) in [6, 6.07) is 7.78. The van der Waals surface area contributed by atoms with Gasteiger partial charge in [0.05, 0.1) is 24.0 Å². The van der Waals surface area contributed by atoms with E-state index in [1.807, 2.05) is 35.2 Å². The molecule has 3 amide bonds. The summed E-state index contributed by atoms with van der Waals surface area (Å²) in [5, 5.41) is 12.6. The van der Waals surface area contributed by atoms with Crippen molar-refractivity contribution in [3.05, 3.63) is 61.2 Å². The number of aliphatic hydroxyl groups is 1. The summed E-state index contributed by atoms with van der Waals surface area (Å²) < 4.78 is 12.3. The number of carbonyl (C=O) groups is 4. The molecule has 1 aliphatic carbocycles. The Kier molecular flexibility index (Phi) is 12.0. The van der Waals surface area contributed by atoms with Crippen LogP contribution in [0.3, 0.4) is 0 Å². The molecule has 2 N–H and O–H groups in total. The lowest BCUT2D eigenvalue weighted by atomic mass is 9.70. The van der Waals surface area contributed by atoms with Gasteiger partial charge in [0.2, 0.25) is 17.7 Å². The molecule has 1 aromatic rings. The summed E-state index contributed by atoms with van der Waals surface area (Å²) >= 11 is 3.76. The van der Waals surface area contributed by atoms with E-state index < -0.39 is 41.6 Å². The number of nitrogens with zero attached hydrogens (tertiary/aromatic N) is 2. The van der Waals surface area contributed by atoms with Gasteiger partial charge < -0.3 is 29.7 Å². The number of carbonyl (C=O) groups excluding carboxylic acids is 4. The number of aliphatic hydroxyl groups excluding tert-OH is 1. The first kappa shape index (κ1) is 35.3. The number of hydrogen-bond acceptors (Lipinski definition) is 7. The molecule has 10 nitrogen and oxygen atoms in total. The van der Waals surface area contributed by atoms with Crippen LogP contribution in [-0.4, -0.2) is 93.5 Å². The zero-order valence-corrected chi connectivity index (χ0v) is 28.7. The quantitative estimate of drug-likeness (QED) is 0.114. The summed E-state index contributed by atoms with van der Waals surface area (Å²) in [7, 11) is 0. The number of esters is 1. The maximum absolute atomic E-state index is 14.7. The number of fused-ring (bicyclic) bond motifs is 1. The molecular weight excluding hydrogens is 666 g/mol. The van der Waals surface area contributed by atoms with Gasteiger partial charge in [-0.2, -0.15) is 0 Å². The molecule has 3 heterocycles. The molecule has 1 saturated carbocycles. The summed E-state index contributed by atoms with van der Waals surface area (Å²) in [6.45, 7) is 8.13. The zero-order chi connectivity index (χ0) is 33.6. The van der Waals surface area contributed by atoms with E-state index in [9.17, 15) is 24.3 Å². The molecule has 4 aliphatic rings. The van der Waals surface area contributed by atoms with Crippen molar-refractivity contribution in [1.29, 1.82) is 0 Å². The third-order valence-corrected chi connectivity index (χ3v) is 11.1. The van der Waals surface area contributed by atoms with Crippen LogP contribution in [-0.2, 0) is 28.7 Å². The Labute approximate surface area is 286 Å². The number of rotatable bonds is 16. The van der Waals surface area contributed by atoms with Crippen LogP contribution in [0, 0.1) is 11.8 Å². The van der Waals surface area contributed by atoms with Crippen molar-refractivity contribution in [2.45, 2.75) is 98.9 Å². The summed E-state index contributed by atoms with van der Waals surface area (Å²) in [5.74, 6) is -2.91. The van der Waals surface area contributed by atoms with Crippen LogP contribution in [0.1, 0.15) is 75.8 Å². The predicted molar refractivity (Wildman–Crippen MR) is 180 cm³/mol. The van der Waals surface area contributed by atoms with E-state index in [0.29, 0.717) is 32.2 Å². The van der Waals surface area contributed by atoms with Crippen molar-refractivity contribution >= 4 is 39.6 Å². The first-order valence-electron chi connectivity index (χ1n) is 17.0. The van der Waals surface area contributed by atoms with E-state index in [0.717, 1.165) is 37.7 Å². The first-order valence-corrected chi connectivity index (χ1v) is 17.9. The topological polar surface area (TPSA) is 125 Å². The Balaban J connectivity index is 1.45. The number of likely N-dealkylation sites (tertiary alicyclic amines) is 1. The number of alkyl halides is 1. The van der Waals surface area contributed by atoms with Gasteiger partial charge in [0.25, 0.3) is 0 Å². The highest BCUT2D eigenvalue weighted by atomic mass is 79.9. The molecule has 1 aromatic carbocycles. The highest BCUT2D eigenvalue weighted by Gasteiger charge is 2.76. The third-order valence-electron chi connectivity index (χ3n) is 10.2. The average molecular weight is 715 g/mol. The minimum atomic E-state index is -1.18. The molecule has 2 bridgehead atoms. The number of nitrogens with one attached hydrogen (secondary N) is 1. The van der Waals surface area contributed by atoms with Crippen molar-refractivity contribution in [3.63, 3.8) is 0 Å². The molecule has 3 aliphatic heterocycles.